The highest BCUT2D eigenvalue weighted by Gasteiger charge is 2.61. The smallest absolute Gasteiger partial charge is 0.135 e. The number of carbonyl (C=O) groups excluding carboxylic acids is 1. The molecule has 51 heavy (non-hydrogen) atoms. The second kappa shape index (κ2) is 14.8. The molecular formula is C40H58O11. The molecule has 0 aromatic heterocycles. The van der Waals surface area contributed by atoms with E-state index in [2.05, 4.69) is 13.2 Å². The first kappa shape index (κ1) is 35.5. The number of ketones is 1. The van der Waals surface area contributed by atoms with Gasteiger partial charge in [-0.05, 0) is 75.4 Å². The van der Waals surface area contributed by atoms with Crippen LogP contribution < -0.4 is 0 Å². The Morgan fingerprint density at radius 2 is 1.22 bits per heavy atom. The van der Waals surface area contributed by atoms with Crippen LogP contribution in [0.2, 0.25) is 0 Å². The maximum absolute atomic E-state index is 14.0. The molecule has 0 saturated carbocycles. The van der Waals surface area contributed by atoms with Crippen LogP contribution in [-0.2, 0) is 52.2 Å². The standard InChI is InChI=1S/C40H58O11/c1-20-5-6-23-9-11-28-21(2)15-24(46-28)7-8-26-18-33-37(48-26)39-40(51-33)38(43-4)36-30(49-39)12-10-25(47-36)16-22(41)17-27-32(19-31(20)45-23)50-35(34(27)42-3)29-13-14-44-29/h23-40H,1-2,5-19H2,3-4H3/t23?,24?,25?,26?,27?,28?,29-,30?,31?,32-,33?,34+,35?,36-,37?,38?,39-,40?/m0/s1. The lowest BCUT2D eigenvalue weighted by atomic mass is 9.83. The summed E-state index contributed by atoms with van der Waals surface area (Å²) in [4.78, 5) is 14.0. The largest absolute Gasteiger partial charge is 0.378 e. The topological polar surface area (TPSA) is 109 Å². The average molecular weight is 715 g/mol. The molecular weight excluding hydrogens is 656 g/mol. The van der Waals surface area contributed by atoms with Crippen molar-refractivity contribution in [3.8, 4) is 0 Å². The Kier molecular flexibility index (Phi) is 10.3. The zero-order chi connectivity index (χ0) is 34.8. The van der Waals surface area contributed by atoms with Gasteiger partial charge in [0.15, 0.2) is 0 Å². The molecule has 0 N–H and O–H groups in total. The van der Waals surface area contributed by atoms with Crippen molar-refractivity contribution in [3.05, 3.63) is 24.3 Å². The predicted molar refractivity (Wildman–Crippen MR) is 183 cm³/mol. The van der Waals surface area contributed by atoms with Gasteiger partial charge in [0, 0.05) is 52.4 Å². The van der Waals surface area contributed by atoms with Crippen molar-refractivity contribution < 1.29 is 52.2 Å². The fourth-order valence-corrected chi connectivity index (χ4v) is 10.9. The maximum Gasteiger partial charge on any atom is 0.135 e. The second-order valence-electron chi connectivity index (χ2n) is 16.8. The van der Waals surface area contributed by atoms with Crippen molar-refractivity contribution in [1.29, 1.82) is 0 Å². The highest BCUT2D eigenvalue weighted by atomic mass is 16.7. The molecule has 0 spiro atoms. The van der Waals surface area contributed by atoms with E-state index in [1.54, 1.807) is 14.2 Å². The number of hydrogen-bond acceptors (Lipinski definition) is 11. The first-order valence-electron chi connectivity index (χ1n) is 20.0. The molecule has 11 nitrogen and oxygen atoms in total. The van der Waals surface area contributed by atoms with Gasteiger partial charge < -0.3 is 47.4 Å². The third-order valence-electron chi connectivity index (χ3n) is 13.7. The summed E-state index contributed by atoms with van der Waals surface area (Å²) in [6.45, 7) is 9.57. The summed E-state index contributed by atoms with van der Waals surface area (Å²) in [7, 11) is 3.45. The van der Waals surface area contributed by atoms with Gasteiger partial charge in [-0.15, -0.1) is 0 Å². The van der Waals surface area contributed by atoms with E-state index in [1.807, 2.05) is 0 Å². The van der Waals surface area contributed by atoms with Crippen LogP contribution in [0.3, 0.4) is 0 Å². The number of hydrogen-bond donors (Lipinski definition) is 0. The van der Waals surface area contributed by atoms with Crippen LogP contribution in [0.1, 0.15) is 89.9 Å². The van der Waals surface area contributed by atoms with E-state index in [0.29, 0.717) is 19.3 Å². The minimum Gasteiger partial charge on any atom is -0.378 e. The van der Waals surface area contributed by atoms with Crippen LogP contribution >= 0.6 is 0 Å². The van der Waals surface area contributed by atoms with Crippen molar-refractivity contribution >= 4 is 5.78 Å². The number of methoxy groups -OCH3 is 2. The van der Waals surface area contributed by atoms with Crippen LogP contribution in [0.5, 0.6) is 0 Å². The van der Waals surface area contributed by atoms with E-state index in [0.717, 1.165) is 82.8 Å². The fourth-order valence-electron chi connectivity index (χ4n) is 10.9. The molecule has 0 radical (unpaired) electrons. The lowest BCUT2D eigenvalue weighted by Gasteiger charge is -2.47. The van der Waals surface area contributed by atoms with Gasteiger partial charge in [0.25, 0.3) is 0 Å². The number of rotatable bonds is 3. The second-order valence-corrected chi connectivity index (χ2v) is 16.8. The highest BCUT2D eigenvalue weighted by molar-refractivity contribution is 5.79. The molecule has 284 valence electrons. The Labute approximate surface area is 302 Å². The Morgan fingerprint density at radius 3 is 2.02 bits per heavy atom. The van der Waals surface area contributed by atoms with E-state index < -0.39 is 0 Å². The Balaban J connectivity index is 0.953. The molecule has 12 saturated heterocycles. The van der Waals surface area contributed by atoms with Crippen LogP contribution in [0.25, 0.3) is 0 Å². The third kappa shape index (κ3) is 6.85. The third-order valence-corrected chi connectivity index (χ3v) is 13.7. The molecule has 0 aromatic carbocycles. The first-order valence-corrected chi connectivity index (χ1v) is 20.0. The minimum atomic E-state index is -0.302. The van der Waals surface area contributed by atoms with Crippen molar-refractivity contribution in [1.82, 2.24) is 0 Å². The molecule has 12 bridgehead atoms. The molecule has 13 unspecified atom stereocenters. The van der Waals surface area contributed by atoms with Crippen LogP contribution in [-0.4, -0.2) is 130 Å². The van der Waals surface area contributed by atoms with Crippen LogP contribution in [0.15, 0.2) is 24.3 Å². The van der Waals surface area contributed by atoms with E-state index in [1.165, 1.54) is 5.57 Å². The lowest BCUT2D eigenvalue weighted by molar-refractivity contribution is -0.268. The van der Waals surface area contributed by atoms with E-state index in [9.17, 15) is 4.79 Å². The predicted octanol–water partition coefficient (Wildman–Crippen LogP) is 4.56. The van der Waals surface area contributed by atoms with Crippen LogP contribution in [0, 0.1) is 5.92 Å². The Bertz CT molecular complexity index is 1300. The zero-order valence-corrected chi connectivity index (χ0v) is 30.4. The minimum absolute atomic E-state index is 0.0159. The summed E-state index contributed by atoms with van der Waals surface area (Å²) in [5.74, 6) is 0.0397. The lowest BCUT2D eigenvalue weighted by Crippen LogP contribution is -2.62. The molecule has 12 rings (SSSR count). The molecule has 12 aliphatic heterocycles. The van der Waals surface area contributed by atoms with E-state index >= 15 is 0 Å². The molecule has 18 atom stereocenters. The monoisotopic (exact) mass is 714 g/mol. The van der Waals surface area contributed by atoms with Crippen molar-refractivity contribution in [3.63, 3.8) is 0 Å². The number of fused-ring (bicyclic) bond motifs is 1. The van der Waals surface area contributed by atoms with Gasteiger partial charge >= 0.3 is 0 Å². The first-order chi connectivity index (χ1) is 24.8. The molecule has 12 aliphatic rings. The van der Waals surface area contributed by atoms with Crippen LogP contribution in [0.4, 0.5) is 0 Å². The van der Waals surface area contributed by atoms with Crippen molar-refractivity contribution in [2.75, 3.05) is 20.8 Å². The van der Waals surface area contributed by atoms with Gasteiger partial charge in [0.2, 0.25) is 0 Å². The highest BCUT2D eigenvalue weighted by Crippen LogP contribution is 2.47. The molecule has 0 aliphatic carbocycles. The fraction of sp³-hybridized carbons (Fsp3) is 0.875. The summed E-state index contributed by atoms with van der Waals surface area (Å²) in [5.41, 5.74) is 2.28. The number of Topliss-reactive ketones (excluding diaryl/α,β-unsaturated/α-hetero) is 1. The SMILES string of the molecule is C=C1CC2CCC3CC4OC5C(OC)[C@H]6OC(CCC6O[C@H]5C4O3)CC(=O)CC3[C@@H](OC)C([C@@H]4CCO4)O[C@H]3CC3OC(CCC3=C)CCC1O2. The number of ether oxygens (including phenoxy) is 10. The van der Waals surface area contributed by atoms with Crippen molar-refractivity contribution in [2.45, 2.75) is 194 Å². The molecule has 0 aromatic rings. The summed E-state index contributed by atoms with van der Waals surface area (Å²) in [6, 6.07) is 0. The van der Waals surface area contributed by atoms with E-state index in [4.69, 9.17) is 47.4 Å². The quantitative estimate of drug-likeness (QED) is 0.384. The molecule has 11 heteroatoms. The zero-order valence-electron chi connectivity index (χ0n) is 30.4. The normalized spacial score (nSPS) is 51.8. The molecule has 12 heterocycles. The number of carbonyl (C=O) groups is 1. The van der Waals surface area contributed by atoms with Gasteiger partial charge in [-0.1, -0.05) is 13.2 Å². The van der Waals surface area contributed by atoms with Gasteiger partial charge in [0.05, 0.1) is 67.1 Å². The molecule has 0 amide bonds. The average Bonchev–Trinajstić information content (AvgIpc) is 3.83. The van der Waals surface area contributed by atoms with Gasteiger partial charge in [-0.3, -0.25) is 4.79 Å². The summed E-state index contributed by atoms with van der Waals surface area (Å²) >= 11 is 0. The Morgan fingerprint density at radius 1 is 0.529 bits per heavy atom. The summed E-state index contributed by atoms with van der Waals surface area (Å²) in [6.07, 6.45) is 9.21. The Hall–Kier alpha value is -1.25. The van der Waals surface area contributed by atoms with Gasteiger partial charge in [0.1, 0.15) is 42.4 Å². The van der Waals surface area contributed by atoms with Crippen molar-refractivity contribution in [2.24, 2.45) is 5.92 Å². The van der Waals surface area contributed by atoms with E-state index in [-0.39, 0.29) is 115 Å². The van der Waals surface area contributed by atoms with Gasteiger partial charge in [-0.2, -0.15) is 0 Å². The maximum atomic E-state index is 14.0. The molecule has 12 fully saturated rings. The van der Waals surface area contributed by atoms with Gasteiger partial charge in [-0.25, -0.2) is 0 Å². The summed E-state index contributed by atoms with van der Waals surface area (Å²) in [5, 5.41) is 0. The summed E-state index contributed by atoms with van der Waals surface area (Å²) < 4.78 is 65.0.